The monoisotopic (exact) mass is 380 g/mol. The van der Waals surface area contributed by atoms with Gasteiger partial charge in [0, 0.05) is 10.7 Å². The summed E-state index contributed by atoms with van der Waals surface area (Å²) < 4.78 is 28.8. The second-order valence-corrected chi connectivity index (χ2v) is 5.52. The van der Waals surface area contributed by atoms with Crippen molar-refractivity contribution in [3.8, 4) is 0 Å². The Morgan fingerprint density at radius 2 is 2.00 bits per heavy atom. The second-order valence-electron chi connectivity index (χ2n) is 4.60. The lowest BCUT2D eigenvalue weighted by Crippen LogP contribution is -2.17. The zero-order valence-corrected chi connectivity index (χ0v) is 12.8. The van der Waals surface area contributed by atoms with Crippen LogP contribution in [-0.4, -0.2) is 26.9 Å². The van der Waals surface area contributed by atoms with Crippen LogP contribution in [0.3, 0.4) is 0 Å². The average molecular weight is 381 g/mol. The molecule has 3 rings (SSSR count). The van der Waals surface area contributed by atoms with Gasteiger partial charge in [-0.25, -0.2) is 13.8 Å². The molecule has 23 heavy (non-hydrogen) atoms. The van der Waals surface area contributed by atoms with Crippen LogP contribution in [0.1, 0.15) is 26.4 Å². The number of hydrogen-bond acceptors (Lipinski definition) is 4. The zero-order valence-electron chi connectivity index (χ0n) is 11.2. The Morgan fingerprint density at radius 3 is 2.70 bits per heavy atom. The van der Waals surface area contributed by atoms with E-state index >= 15 is 0 Å². The standard InChI is InChI=1S/C14H7BrF2N4O2/c15-5-3-7-11(20-21-14(7)19-4-5)12(22)9-8(16)2-1-6(10(9)17)13(18)23/h1-4H,(H2,18,23)(H,19,20,21). The summed E-state index contributed by atoms with van der Waals surface area (Å²) in [6.45, 7) is 0. The number of carbonyl (C=O) groups is 2. The van der Waals surface area contributed by atoms with Crippen LogP contribution >= 0.6 is 15.9 Å². The number of carbonyl (C=O) groups excluding carboxylic acids is 2. The first-order valence-corrected chi connectivity index (χ1v) is 7.01. The number of pyridine rings is 1. The quantitative estimate of drug-likeness (QED) is 0.680. The van der Waals surface area contributed by atoms with E-state index in [0.29, 0.717) is 4.47 Å². The van der Waals surface area contributed by atoms with Crippen LogP contribution in [0.2, 0.25) is 0 Å². The van der Waals surface area contributed by atoms with Crippen molar-refractivity contribution in [2.75, 3.05) is 0 Å². The molecule has 0 fully saturated rings. The van der Waals surface area contributed by atoms with E-state index in [1.807, 2.05) is 0 Å². The van der Waals surface area contributed by atoms with Gasteiger partial charge >= 0.3 is 0 Å². The fraction of sp³-hybridized carbons (Fsp3) is 0. The predicted octanol–water partition coefficient (Wildman–Crippen LogP) is 2.33. The molecule has 6 nitrogen and oxygen atoms in total. The minimum Gasteiger partial charge on any atom is -0.366 e. The summed E-state index contributed by atoms with van der Waals surface area (Å²) in [5.74, 6) is -4.52. The Kier molecular flexibility index (Phi) is 3.64. The number of nitrogens with zero attached hydrogens (tertiary/aromatic N) is 2. The molecule has 3 N–H and O–H groups in total. The summed E-state index contributed by atoms with van der Waals surface area (Å²) in [6.07, 6.45) is 1.46. The van der Waals surface area contributed by atoms with Crippen molar-refractivity contribution in [2.24, 2.45) is 5.73 Å². The zero-order chi connectivity index (χ0) is 16.7. The summed E-state index contributed by atoms with van der Waals surface area (Å²) in [6, 6.07) is 3.23. The molecule has 0 unspecified atom stereocenters. The van der Waals surface area contributed by atoms with Gasteiger partial charge in [-0.15, -0.1) is 0 Å². The smallest absolute Gasteiger partial charge is 0.251 e. The molecular weight excluding hydrogens is 374 g/mol. The molecule has 1 amide bonds. The van der Waals surface area contributed by atoms with Gasteiger partial charge in [0.25, 0.3) is 5.91 Å². The Hall–Kier alpha value is -2.68. The highest BCUT2D eigenvalue weighted by molar-refractivity contribution is 9.10. The molecule has 0 spiro atoms. The number of H-pyrrole nitrogens is 1. The highest BCUT2D eigenvalue weighted by atomic mass is 79.9. The molecule has 0 aliphatic heterocycles. The number of nitrogens with one attached hydrogen (secondary N) is 1. The van der Waals surface area contributed by atoms with Gasteiger partial charge in [-0.2, -0.15) is 5.10 Å². The van der Waals surface area contributed by atoms with E-state index < -0.39 is 34.5 Å². The summed E-state index contributed by atoms with van der Waals surface area (Å²) in [4.78, 5) is 27.6. The van der Waals surface area contributed by atoms with E-state index in [1.54, 1.807) is 0 Å². The first kappa shape index (κ1) is 15.2. The van der Waals surface area contributed by atoms with E-state index in [1.165, 1.54) is 12.3 Å². The van der Waals surface area contributed by atoms with Crippen molar-refractivity contribution >= 4 is 38.7 Å². The van der Waals surface area contributed by atoms with Crippen molar-refractivity contribution in [3.05, 3.63) is 57.3 Å². The van der Waals surface area contributed by atoms with Crippen LogP contribution in [0.25, 0.3) is 11.0 Å². The largest absolute Gasteiger partial charge is 0.366 e. The van der Waals surface area contributed by atoms with Crippen LogP contribution in [0.4, 0.5) is 8.78 Å². The number of nitrogens with two attached hydrogens (primary N) is 1. The van der Waals surface area contributed by atoms with E-state index in [4.69, 9.17) is 5.73 Å². The van der Waals surface area contributed by atoms with E-state index in [-0.39, 0.29) is 16.7 Å². The van der Waals surface area contributed by atoms with Crippen LogP contribution in [0.15, 0.2) is 28.9 Å². The van der Waals surface area contributed by atoms with Crippen molar-refractivity contribution in [1.82, 2.24) is 15.2 Å². The minimum absolute atomic E-state index is 0.145. The Morgan fingerprint density at radius 1 is 1.26 bits per heavy atom. The van der Waals surface area contributed by atoms with Crippen molar-refractivity contribution < 1.29 is 18.4 Å². The molecular formula is C14H7BrF2N4O2. The van der Waals surface area contributed by atoms with E-state index in [9.17, 15) is 18.4 Å². The maximum Gasteiger partial charge on any atom is 0.251 e. The molecule has 1 aromatic carbocycles. The molecule has 0 aliphatic rings. The molecule has 116 valence electrons. The van der Waals surface area contributed by atoms with Gasteiger partial charge in [0.1, 0.15) is 17.3 Å². The summed E-state index contributed by atoms with van der Waals surface area (Å²) in [7, 11) is 0. The number of ketones is 1. The topological polar surface area (TPSA) is 102 Å². The maximum absolute atomic E-state index is 14.3. The van der Waals surface area contributed by atoms with Gasteiger partial charge in [-0.05, 0) is 34.1 Å². The second kappa shape index (κ2) is 5.51. The first-order valence-electron chi connectivity index (χ1n) is 6.22. The number of halogens is 3. The van der Waals surface area contributed by atoms with Crippen LogP contribution in [0.5, 0.6) is 0 Å². The molecule has 3 aromatic rings. The molecule has 2 heterocycles. The number of aromatic amines is 1. The number of hydrogen-bond donors (Lipinski definition) is 2. The van der Waals surface area contributed by atoms with Crippen LogP contribution in [0, 0.1) is 11.6 Å². The Balaban J connectivity index is 2.22. The summed E-state index contributed by atoms with van der Waals surface area (Å²) >= 11 is 3.19. The molecule has 0 atom stereocenters. The van der Waals surface area contributed by atoms with Gasteiger partial charge < -0.3 is 5.73 Å². The third-order valence-electron chi connectivity index (χ3n) is 3.19. The molecule has 9 heteroatoms. The third kappa shape index (κ3) is 2.48. The van der Waals surface area contributed by atoms with E-state index in [2.05, 4.69) is 31.1 Å². The number of aromatic nitrogens is 3. The first-order chi connectivity index (χ1) is 10.9. The highest BCUT2D eigenvalue weighted by Crippen LogP contribution is 2.24. The summed E-state index contributed by atoms with van der Waals surface area (Å²) in [5, 5.41) is 6.50. The maximum atomic E-state index is 14.3. The van der Waals surface area contributed by atoms with Gasteiger partial charge in [-0.1, -0.05) is 0 Å². The van der Waals surface area contributed by atoms with Crippen molar-refractivity contribution in [1.29, 1.82) is 0 Å². The minimum atomic E-state index is -1.31. The van der Waals surface area contributed by atoms with Gasteiger partial charge in [-0.3, -0.25) is 14.7 Å². The third-order valence-corrected chi connectivity index (χ3v) is 3.62. The summed E-state index contributed by atoms with van der Waals surface area (Å²) in [5.41, 5.74) is 3.63. The lowest BCUT2D eigenvalue weighted by molar-refractivity contribution is 0.0996. The fourth-order valence-electron chi connectivity index (χ4n) is 2.12. The van der Waals surface area contributed by atoms with Crippen LogP contribution < -0.4 is 5.73 Å². The SMILES string of the molecule is NC(=O)c1ccc(F)c(C(=O)c2[nH]nc3ncc(Br)cc23)c1F. The predicted molar refractivity (Wildman–Crippen MR) is 79.9 cm³/mol. The number of amides is 1. The fourth-order valence-corrected chi connectivity index (χ4v) is 2.45. The van der Waals surface area contributed by atoms with Crippen molar-refractivity contribution in [3.63, 3.8) is 0 Å². The molecule has 2 aromatic heterocycles. The Bertz CT molecular complexity index is 971. The lowest BCUT2D eigenvalue weighted by atomic mass is 10.0. The number of fused-ring (bicyclic) bond motifs is 1. The highest BCUT2D eigenvalue weighted by Gasteiger charge is 2.26. The van der Waals surface area contributed by atoms with Gasteiger partial charge in [0.05, 0.1) is 16.5 Å². The lowest BCUT2D eigenvalue weighted by Gasteiger charge is -2.06. The van der Waals surface area contributed by atoms with Gasteiger partial charge in [0.15, 0.2) is 5.65 Å². The normalized spacial score (nSPS) is 10.9. The number of benzene rings is 1. The average Bonchev–Trinajstić information content (AvgIpc) is 2.89. The molecule has 0 bridgehead atoms. The van der Waals surface area contributed by atoms with Gasteiger partial charge in [0.2, 0.25) is 5.78 Å². The van der Waals surface area contributed by atoms with E-state index in [0.717, 1.165) is 12.1 Å². The molecule has 0 aliphatic carbocycles. The molecule has 0 radical (unpaired) electrons. The van der Waals surface area contributed by atoms with Crippen molar-refractivity contribution in [2.45, 2.75) is 0 Å². The Labute approximate surface area is 135 Å². The number of primary amides is 1. The van der Waals surface area contributed by atoms with Crippen LogP contribution in [-0.2, 0) is 0 Å². The molecule has 0 saturated carbocycles. The molecule has 0 saturated heterocycles. The number of rotatable bonds is 3.